The van der Waals surface area contributed by atoms with Crippen molar-refractivity contribution in [2.75, 3.05) is 37.4 Å². The standard InChI is InChI=1S/C14H27N5O2/c1-4-6-11(7-8-20)10-16-13-17-12(15-3)18-14(19-13)21-9-5-2/h11,20H,4-10H2,1-3H3,(H2,15,16,17,18,19). The number of nitrogens with one attached hydrogen (secondary N) is 2. The lowest BCUT2D eigenvalue weighted by molar-refractivity contribution is 0.255. The minimum atomic E-state index is 0.205. The van der Waals surface area contributed by atoms with Crippen LogP contribution in [-0.4, -0.2) is 46.9 Å². The van der Waals surface area contributed by atoms with Gasteiger partial charge in [0.1, 0.15) is 0 Å². The molecule has 0 saturated carbocycles. The van der Waals surface area contributed by atoms with Gasteiger partial charge in [0, 0.05) is 20.2 Å². The van der Waals surface area contributed by atoms with Crippen LogP contribution in [0.5, 0.6) is 6.01 Å². The van der Waals surface area contributed by atoms with Crippen LogP contribution >= 0.6 is 0 Å². The first-order valence-corrected chi connectivity index (χ1v) is 7.64. The maximum atomic E-state index is 9.08. The molecule has 0 aliphatic heterocycles. The van der Waals surface area contributed by atoms with E-state index in [0.29, 0.717) is 30.4 Å². The van der Waals surface area contributed by atoms with Crippen molar-refractivity contribution in [3.8, 4) is 6.01 Å². The van der Waals surface area contributed by atoms with Crippen molar-refractivity contribution in [2.24, 2.45) is 5.92 Å². The van der Waals surface area contributed by atoms with Gasteiger partial charge in [0.2, 0.25) is 11.9 Å². The third-order valence-corrected chi connectivity index (χ3v) is 3.06. The molecule has 0 bridgehead atoms. The van der Waals surface area contributed by atoms with E-state index in [0.717, 1.165) is 32.2 Å². The number of rotatable bonds is 11. The van der Waals surface area contributed by atoms with E-state index >= 15 is 0 Å². The second-order valence-electron chi connectivity index (χ2n) is 4.91. The first kappa shape index (κ1) is 17.4. The van der Waals surface area contributed by atoms with Gasteiger partial charge in [-0.1, -0.05) is 20.3 Å². The highest BCUT2D eigenvalue weighted by Gasteiger charge is 2.10. The topological polar surface area (TPSA) is 92.2 Å². The number of anilines is 2. The Hall–Kier alpha value is -1.63. The van der Waals surface area contributed by atoms with Crippen LogP contribution in [0.2, 0.25) is 0 Å². The van der Waals surface area contributed by atoms with E-state index in [1.807, 2.05) is 6.92 Å². The highest BCUT2D eigenvalue weighted by molar-refractivity contribution is 5.35. The minimum absolute atomic E-state index is 0.205. The summed E-state index contributed by atoms with van der Waals surface area (Å²) in [5.41, 5.74) is 0. The van der Waals surface area contributed by atoms with Crippen LogP contribution in [-0.2, 0) is 0 Å². The molecule has 0 aliphatic carbocycles. The Morgan fingerprint density at radius 2 is 1.86 bits per heavy atom. The second kappa shape index (κ2) is 10.1. The van der Waals surface area contributed by atoms with Gasteiger partial charge in [-0.05, 0) is 25.2 Å². The maximum absolute atomic E-state index is 9.08. The Bertz CT molecular complexity index is 397. The third kappa shape index (κ3) is 6.57. The summed E-state index contributed by atoms with van der Waals surface area (Å²) in [5, 5.41) is 15.2. The molecule has 1 aromatic heterocycles. The van der Waals surface area contributed by atoms with E-state index in [9.17, 15) is 0 Å². The lowest BCUT2D eigenvalue weighted by atomic mass is 10.0. The highest BCUT2D eigenvalue weighted by atomic mass is 16.5. The number of hydrogen-bond acceptors (Lipinski definition) is 7. The number of hydrogen-bond donors (Lipinski definition) is 3. The molecule has 0 aromatic carbocycles. The van der Waals surface area contributed by atoms with E-state index in [4.69, 9.17) is 9.84 Å². The van der Waals surface area contributed by atoms with Crippen LogP contribution in [0.3, 0.4) is 0 Å². The first-order chi connectivity index (χ1) is 10.2. The first-order valence-electron chi connectivity index (χ1n) is 7.64. The summed E-state index contributed by atoms with van der Waals surface area (Å²) in [6.07, 6.45) is 3.84. The minimum Gasteiger partial charge on any atom is -0.463 e. The quantitative estimate of drug-likeness (QED) is 0.574. The summed E-state index contributed by atoms with van der Waals surface area (Å²) < 4.78 is 5.46. The highest BCUT2D eigenvalue weighted by Crippen LogP contribution is 2.14. The Balaban J connectivity index is 2.67. The molecule has 0 aliphatic rings. The van der Waals surface area contributed by atoms with E-state index < -0.39 is 0 Å². The molecule has 7 heteroatoms. The number of nitrogens with zero attached hydrogens (tertiary/aromatic N) is 3. The summed E-state index contributed by atoms with van der Waals surface area (Å²) in [6, 6.07) is 0.327. The molecular weight excluding hydrogens is 270 g/mol. The number of aliphatic hydroxyl groups excluding tert-OH is 1. The predicted molar refractivity (Wildman–Crippen MR) is 83.8 cm³/mol. The van der Waals surface area contributed by atoms with Gasteiger partial charge in [-0.3, -0.25) is 0 Å². The van der Waals surface area contributed by atoms with Gasteiger partial charge in [-0.15, -0.1) is 0 Å². The monoisotopic (exact) mass is 297 g/mol. The molecule has 1 rings (SSSR count). The molecule has 7 nitrogen and oxygen atoms in total. The number of aliphatic hydroxyl groups is 1. The SMILES string of the molecule is CCCOc1nc(NC)nc(NCC(CCC)CCO)n1. The molecule has 1 unspecified atom stereocenters. The average molecular weight is 297 g/mol. The van der Waals surface area contributed by atoms with Crippen LogP contribution in [0.25, 0.3) is 0 Å². The van der Waals surface area contributed by atoms with Gasteiger partial charge in [-0.25, -0.2) is 0 Å². The molecular formula is C14H27N5O2. The fourth-order valence-electron chi connectivity index (χ4n) is 1.98. The Labute approximate surface area is 126 Å². The molecule has 0 saturated heterocycles. The van der Waals surface area contributed by atoms with Crippen molar-refractivity contribution in [3.05, 3.63) is 0 Å². The van der Waals surface area contributed by atoms with E-state index in [-0.39, 0.29) is 6.61 Å². The summed E-state index contributed by atoms with van der Waals surface area (Å²) in [4.78, 5) is 12.7. The van der Waals surface area contributed by atoms with Crippen LogP contribution in [0.1, 0.15) is 39.5 Å². The molecule has 0 amide bonds. The van der Waals surface area contributed by atoms with Crippen molar-refractivity contribution < 1.29 is 9.84 Å². The van der Waals surface area contributed by atoms with E-state index in [1.54, 1.807) is 7.05 Å². The molecule has 1 aromatic rings. The van der Waals surface area contributed by atoms with Crippen molar-refractivity contribution >= 4 is 11.9 Å². The van der Waals surface area contributed by atoms with Crippen LogP contribution in [0.4, 0.5) is 11.9 Å². The molecule has 1 atom stereocenters. The third-order valence-electron chi connectivity index (χ3n) is 3.06. The zero-order valence-electron chi connectivity index (χ0n) is 13.2. The lowest BCUT2D eigenvalue weighted by Gasteiger charge is -2.16. The van der Waals surface area contributed by atoms with Crippen LogP contribution in [0.15, 0.2) is 0 Å². The largest absolute Gasteiger partial charge is 0.463 e. The summed E-state index contributed by atoms with van der Waals surface area (Å²) in [7, 11) is 1.76. The molecule has 120 valence electrons. The zero-order chi connectivity index (χ0) is 15.5. The fraction of sp³-hybridized carbons (Fsp3) is 0.786. The summed E-state index contributed by atoms with van der Waals surface area (Å²) >= 11 is 0. The molecule has 1 heterocycles. The Morgan fingerprint density at radius 3 is 2.48 bits per heavy atom. The molecule has 0 fully saturated rings. The normalized spacial score (nSPS) is 12.0. The fourth-order valence-corrected chi connectivity index (χ4v) is 1.98. The van der Waals surface area contributed by atoms with Gasteiger partial charge in [0.15, 0.2) is 0 Å². The smallest absolute Gasteiger partial charge is 0.323 e. The van der Waals surface area contributed by atoms with Gasteiger partial charge in [0.05, 0.1) is 6.61 Å². The summed E-state index contributed by atoms with van der Waals surface area (Å²) in [6.45, 7) is 5.69. The van der Waals surface area contributed by atoms with Crippen LogP contribution < -0.4 is 15.4 Å². The maximum Gasteiger partial charge on any atom is 0.323 e. The van der Waals surface area contributed by atoms with Crippen molar-refractivity contribution in [2.45, 2.75) is 39.5 Å². The predicted octanol–water partition coefficient (Wildman–Crippen LogP) is 1.91. The van der Waals surface area contributed by atoms with Crippen molar-refractivity contribution in [3.63, 3.8) is 0 Å². The molecule has 3 N–H and O–H groups in total. The van der Waals surface area contributed by atoms with Crippen LogP contribution in [0, 0.1) is 5.92 Å². The van der Waals surface area contributed by atoms with Gasteiger partial charge >= 0.3 is 6.01 Å². The number of ether oxygens (including phenoxy) is 1. The average Bonchev–Trinajstić information content (AvgIpc) is 2.50. The van der Waals surface area contributed by atoms with Gasteiger partial charge in [0.25, 0.3) is 0 Å². The van der Waals surface area contributed by atoms with E-state index in [1.165, 1.54) is 0 Å². The Kier molecular flexibility index (Phi) is 8.42. The summed E-state index contributed by atoms with van der Waals surface area (Å²) in [5.74, 6) is 1.39. The van der Waals surface area contributed by atoms with Gasteiger partial charge < -0.3 is 20.5 Å². The second-order valence-corrected chi connectivity index (χ2v) is 4.91. The number of aromatic nitrogens is 3. The zero-order valence-corrected chi connectivity index (χ0v) is 13.2. The lowest BCUT2D eigenvalue weighted by Crippen LogP contribution is -2.18. The van der Waals surface area contributed by atoms with Gasteiger partial charge in [-0.2, -0.15) is 15.0 Å². The van der Waals surface area contributed by atoms with Crippen molar-refractivity contribution in [1.82, 2.24) is 15.0 Å². The molecule has 21 heavy (non-hydrogen) atoms. The molecule has 0 spiro atoms. The van der Waals surface area contributed by atoms with E-state index in [2.05, 4.69) is 32.5 Å². The molecule has 0 radical (unpaired) electrons. The Morgan fingerprint density at radius 1 is 1.10 bits per heavy atom. The van der Waals surface area contributed by atoms with Crippen molar-refractivity contribution in [1.29, 1.82) is 0 Å².